The number of para-hydroxylation sites is 1. The van der Waals surface area contributed by atoms with Crippen molar-refractivity contribution in [3.8, 4) is 0 Å². The van der Waals surface area contributed by atoms with Gasteiger partial charge < -0.3 is 4.90 Å². The number of nitrogens with zero attached hydrogens (tertiary/aromatic N) is 2. The van der Waals surface area contributed by atoms with Gasteiger partial charge in [-0.05, 0) is 43.8 Å². The molecule has 5 nitrogen and oxygen atoms in total. The molecule has 3 aliphatic heterocycles. The SMILES string of the molecule is CC(C)(C)N1C(=O)C2C(C1=O)C(C(=O)c1cccs1)N1c3ccccc3C=CC21. The second-order valence-electron chi connectivity index (χ2n) is 8.84. The van der Waals surface area contributed by atoms with Gasteiger partial charge in [0, 0.05) is 11.2 Å². The smallest absolute Gasteiger partial charge is 0.236 e. The topological polar surface area (TPSA) is 57.7 Å². The average Bonchev–Trinajstić information content (AvgIpc) is 3.37. The highest BCUT2D eigenvalue weighted by atomic mass is 32.1. The fraction of sp³-hybridized carbons (Fsp3) is 0.348. The van der Waals surface area contributed by atoms with E-state index >= 15 is 0 Å². The molecule has 0 spiro atoms. The molecular weight excluding hydrogens is 384 g/mol. The summed E-state index contributed by atoms with van der Waals surface area (Å²) in [6, 6.07) is 10.5. The number of ketones is 1. The van der Waals surface area contributed by atoms with Gasteiger partial charge in [0.05, 0.1) is 22.8 Å². The highest BCUT2D eigenvalue weighted by Gasteiger charge is 2.65. The van der Waals surface area contributed by atoms with E-state index < -0.39 is 23.4 Å². The van der Waals surface area contributed by atoms with Gasteiger partial charge in [0.15, 0.2) is 5.78 Å². The van der Waals surface area contributed by atoms with E-state index in [1.165, 1.54) is 16.2 Å². The van der Waals surface area contributed by atoms with Gasteiger partial charge in [-0.2, -0.15) is 0 Å². The molecule has 0 saturated carbocycles. The third-order valence-corrected chi connectivity index (χ3v) is 7.00. The Balaban J connectivity index is 1.68. The molecule has 148 valence electrons. The van der Waals surface area contributed by atoms with E-state index in [4.69, 9.17) is 0 Å². The summed E-state index contributed by atoms with van der Waals surface area (Å²) < 4.78 is 0. The fourth-order valence-corrected chi connectivity index (χ4v) is 5.74. The molecule has 1 aromatic carbocycles. The summed E-state index contributed by atoms with van der Waals surface area (Å²) >= 11 is 1.38. The van der Waals surface area contributed by atoms with Crippen LogP contribution in [-0.4, -0.2) is 40.1 Å². The van der Waals surface area contributed by atoms with Crippen molar-refractivity contribution in [2.75, 3.05) is 4.90 Å². The molecule has 0 aliphatic carbocycles. The van der Waals surface area contributed by atoms with Crippen molar-refractivity contribution >= 4 is 40.7 Å². The third kappa shape index (κ3) is 2.48. The fourth-order valence-electron chi connectivity index (χ4n) is 5.04. The largest absolute Gasteiger partial charge is 0.352 e. The summed E-state index contributed by atoms with van der Waals surface area (Å²) in [5, 5.41) is 1.87. The van der Waals surface area contributed by atoms with E-state index in [9.17, 15) is 14.4 Å². The number of thiophene rings is 1. The molecule has 2 amide bonds. The van der Waals surface area contributed by atoms with E-state index in [1.807, 2.05) is 73.5 Å². The van der Waals surface area contributed by atoms with Gasteiger partial charge in [-0.3, -0.25) is 19.3 Å². The Morgan fingerprint density at radius 3 is 2.41 bits per heavy atom. The second kappa shape index (κ2) is 6.13. The number of rotatable bonds is 2. The second-order valence-corrected chi connectivity index (χ2v) is 9.78. The lowest BCUT2D eigenvalue weighted by atomic mass is 9.87. The van der Waals surface area contributed by atoms with Crippen molar-refractivity contribution in [3.63, 3.8) is 0 Å². The Hall–Kier alpha value is -2.73. The monoisotopic (exact) mass is 406 g/mol. The van der Waals surface area contributed by atoms with Gasteiger partial charge in [-0.15, -0.1) is 11.3 Å². The van der Waals surface area contributed by atoms with E-state index in [0.29, 0.717) is 4.88 Å². The summed E-state index contributed by atoms with van der Waals surface area (Å²) in [6.07, 6.45) is 3.99. The van der Waals surface area contributed by atoms with Gasteiger partial charge in [0.25, 0.3) is 0 Å². The Morgan fingerprint density at radius 2 is 1.72 bits per heavy atom. The van der Waals surface area contributed by atoms with Crippen LogP contribution in [-0.2, 0) is 9.59 Å². The predicted octanol–water partition coefficient (Wildman–Crippen LogP) is 3.61. The molecule has 0 radical (unpaired) electrons. The standard InChI is InChI=1S/C23H22N2O3S/c1-23(2,3)25-21(27)17-15-11-10-13-7-4-5-8-14(13)24(15)19(18(17)22(25)28)20(26)16-9-6-12-29-16/h4-12,15,17-19H,1-3H3. The molecule has 4 atom stereocenters. The zero-order valence-electron chi connectivity index (χ0n) is 16.5. The first kappa shape index (κ1) is 18.3. The molecule has 3 aliphatic rings. The summed E-state index contributed by atoms with van der Waals surface area (Å²) in [4.78, 5) is 44.5. The third-order valence-electron chi connectivity index (χ3n) is 6.12. The van der Waals surface area contributed by atoms with E-state index in [0.717, 1.165) is 11.3 Å². The van der Waals surface area contributed by atoms with Gasteiger partial charge in [0.1, 0.15) is 6.04 Å². The molecule has 5 rings (SSSR count). The summed E-state index contributed by atoms with van der Waals surface area (Å²) in [7, 11) is 0. The Morgan fingerprint density at radius 1 is 1.00 bits per heavy atom. The summed E-state index contributed by atoms with van der Waals surface area (Å²) in [5.74, 6) is -1.70. The molecule has 6 heteroatoms. The molecule has 0 N–H and O–H groups in total. The quantitative estimate of drug-likeness (QED) is 0.565. The van der Waals surface area contributed by atoms with Crippen molar-refractivity contribution < 1.29 is 14.4 Å². The number of fused-ring (bicyclic) bond motifs is 5. The highest BCUT2D eigenvalue weighted by molar-refractivity contribution is 7.12. The molecular formula is C23H22N2O3S. The molecule has 1 aromatic heterocycles. The van der Waals surface area contributed by atoms with Crippen LogP contribution >= 0.6 is 11.3 Å². The number of hydrogen-bond donors (Lipinski definition) is 0. The van der Waals surface area contributed by atoms with E-state index in [1.54, 1.807) is 6.07 Å². The van der Waals surface area contributed by atoms with Crippen LogP contribution in [0.1, 0.15) is 36.0 Å². The summed E-state index contributed by atoms with van der Waals surface area (Å²) in [5.41, 5.74) is 1.29. The minimum atomic E-state index is -0.682. The Kier molecular flexibility index (Phi) is 3.87. The molecule has 4 heterocycles. The van der Waals surface area contributed by atoms with Crippen molar-refractivity contribution in [1.29, 1.82) is 0 Å². The highest BCUT2D eigenvalue weighted by Crippen LogP contribution is 2.50. The molecule has 2 saturated heterocycles. The van der Waals surface area contributed by atoms with Gasteiger partial charge in [-0.25, -0.2) is 0 Å². The average molecular weight is 407 g/mol. The number of amides is 2. The maximum atomic E-state index is 13.6. The zero-order chi connectivity index (χ0) is 20.5. The Labute approximate surface area is 173 Å². The lowest BCUT2D eigenvalue weighted by molar-refractivity contribution is -0.145. The molecule has 2 aromatic rings. The number of benzene rings is 1. The Bertz CT molecular complexity index is 1050. The first-order valence-corrected chi connectivity index (χ1v) is 10.7. The van der Waals surface area contributed by atoms with Crippen LogP contribution in [0.5, 0.6) is 0 Å². The summed E-state index contributed by atoms with van der Waals surface area (Å²) in [6.45, 7) is 5.59. The van der Waals surface area contributed by atoms with Crippen LogP contribution in [0.3, 0.4) is 0 Å². The number of likely N-dealkylation sites (tertiary alicyclic amines) is 1. The van der Waals surface area contributed by atoms with Crippen molar-refractivity contribution in [3.05, 3.63) is 58.3 Å². The van der Waals surface area contributed by atoms with Crippen molar-refractivity contribution in [2.45, 2.75) is 38.4 Å². The van der Waals surface area contributed by atoms with Crippen molar-refractivity contribution in [2.24, 2.45) is 11.8 Å². The molecule has 2 fully saturated rings. The normalized spacial score (nSPS) is 27.8. The van der Waals surface area contributed by atoms with E-state index in [-0.39, 0.29) is 23.6 Å². The van der Waals surface area contributed by atoms with Gasteiger partial charge in [-0.1, -0.05) is 36.4 Å². The van der Waals surface area contributed by atoms with Crippen LogP contribution in [0.4, 0.5) is 5.69 Å². The first-order valence-electron chi connectivity index (χ1n) is 9.82. The first-order chi connectivity index (χ1) is 13.8. The van der Waals surface area contributed by atoms with Crippen LogP contribution in [0.25, 0.3) is 6.08 Å². The maximum absolute atomic E-state index is 13.6. The molecule has 0 bridgehead atoms. The lowest BCUT2D eigenvalue weighted by Crippen LogP contribution is -2.52. The predicted molar refractivity (Wildman–Crippen MR) is 113 cm³/mol. The van der Waals surface area contributed by atoms with E-state index in [2.05, 4.69) is 0 Å². The van der Waals surface area contributed by atoms with Crippen LogP contribution in [0, 0.1) is 11.8 Å². The minimum Gasteiger partial charge on any atom is -0.352 e. The number of carbonyl (C=O) groups is 3. The van der Waals surface area contributed by atoms with Gasteiger partial charge in [0.2, 0.25) is 11.8 Å². The van der Waals surface area contributed by atoms with Crippen LogP contribution in [0.2, 0.25) is 0 Å². The van der Waals surface area contributed by atoms with Gasteiger partial charge >= 0.3 is 0 Å². The molecule has 4 unspecified atom stereocenters. The number of hydrogen-bond acceptors (Lipinski definition) is 5. The lowest BCUT2D eigenvalue weighted by Gasteiger charge is -2.38. The van der Waals surface area contributed by atoms with Crippen molar-refractivity contribution in [1.82, 2.24) is 4.90 Å². The van der Waals surface area contributed by atoms with Crippen LogP contribution in [0.15, 0.2) is 47.9 Å². The number of Topliss-reactive ketones (excluding diaryl/α,β-unsaturated/α-hetero) is 1. The number of imide groups is 1. The maximum Gasteiger partial charge on any atom is 0.236 e. The number of anilines is 1. The van der Waals surface area contributed by atoms with Crippen LogP contribution < -0.4 is 4.90 Å². The zero-order valence-corrected chi connectivity index (χ0v) is 17.3. The molecule has 29 heavy (non-hydrogen) atoms. The number of carbonyl (C=O) groups excluding carboxylic acids is 3. The minimum absolute atomic E-state index is 0.0838.